The highest BCUT2D eigenvalue weighted by Crippen LogP contribution is 2.33. The zero-order valence-electron chi connectivity index (χ0n) is 15.6. The number of carbonyl (C=O) groups excluding carboxylic acids is 1. The summed E-state index contributed by atoms with van der Waals surface area (Å²) >= 11 is 0. The highest BCUT2D eigenvalue weighted by Gasteiger charge is 2.29. The molecule has 27 heavy (non-hydrogen) atoms. The van der Waals surface area contributed by atoms with Gasteiger partial charge in [-0.15, -0.1) is 0 Å². The molecular formula is C20H25F2N3O2. The number of aromatic nitrogens is 1. The summed E-state index contributed by atoms with van der Waals surface area (Å²) in [6.07, 6.45) is 1.87. The van der Waals surface area contributed by atoms with Crippen molar-refractivity contribution in [2.75, 3.05) is 20.1 Å². The van der Waals surface area contributed by atoms with Crippen LogP contribution in [-0.4, -0.2) is 40.6 Å². The molecule has 1 aliphatic rings. The largest absolute Gasteiger partial charge is 0.387 e. The minimum atomic E-state index is -1.05. The predicted octanol–water partition coefficient (Wildman–Crippen LogP) is 2.92. The van der Waals surface area contributed by atoms with Crippen LogP contribution >= 0.6 is 0 Å². The van der Waals surface area contributed by atoms with E-state index in [-0.39, 0.29) is 24.1 Å². The van der Waals surface area contributed by atoms with Crippen LogP contribution in [0.3, 0.4) is 0 Å². The van der Waals surface area contributed by atoms with E-state index in [4.69, 9.17) is 0 Å². The molecule has 1 aromatic heterocycles. The second kappa shape index (κ2) is 8.19. The summed E-state index contributed by atoms with van der Waals surface area (Å²) in [5.41, 5.74) is 1.65. The molecule has 2 heterocycles. The molecule has 5 nitrogen and oxygen atoms in total. The van der Waals surface area contributed by atoms with E-state index in [0.717, 1.165) is 43.6 Å². The lowest BCUT2D eigenvalue weighted by Crippen LogP contribution is -2.37. The summed E-state index contributed by atoms with van der Waals surface area (Å²) < 4.78 is 29.0. The highest BCUT2D eigenvalue weighted by atomic mass is 19.1. The van der Waals surface area contributed by atoms with Crippen molar-refractivity contribution in [3.05, 3.63) is 58.9 Å². The van der Waals surface area contributed by atoms with Crippen LogP contribution in [-0.2, 0) is 7.05 Å². The van der Waals surface area contributed by atoms with Gasteiger partial charge in [-0.3, -0.25) is 9.69 Å². The Morgan fingerprint density at radius 3 is 2.78 bits per heavy atom. The predicted molar refractivity (Wildman–Crippen MR) is 98.3 cm³/mol. The molecule has 1 amide bonds. The zero-order valence-corrected chi connectivity index (χ0v) is 15.6. The number of likely N-dealkylation sites (tertiary alicyclic amines) is 1. The van der Waals surface area contributed by atoms with Crippen LogP contribution in [0.4, 0.5) is 8.78 Å². The van der Waals surface area contributed by atoms with E-state index in [1.807, 2.05) is 17.7 Å². The van der Waals surface area contributed by atoms with E-state index >= 15 is 0 Å². The maximum absolute atomic E-state index is 14.0. The molecule has 0 spiro atoms. The number of β-amino-alcohol motifs (C(OH)–C–C–N with tert-alkyl or cyclic N) is 1. The lowest BCUT2D eigenvalue weighted by atomic mass is 9.97. The fourth-order valence-electron chi connectivity index (χ4n) is 3.85. The lowest BCUT2D eigenvalue weighted by Gasteiger charge is -2.37. The van der Waals surface area contributed by atoms with Crippen LogP contribution < -0.4 is 5.32 Å². The van der Waals surface area contributed by atoms with Crippen molar-refractivity contribution in [3.8, 4) is 0 Å². The highest BCUT2D eigenvalue weighted by molar-refractivity contribution is 5.92. The van der Waals surface area contributed by atoms with Crippen molar-refractivity contribution in [1.82, 2.24) is 14.8 Å². The number of amides is 1. The number of halogens is 2. The Morgan fingerprint density at radius 1 is 1.30 bits per heavy atom. The molecule has 2 N–H and O–H groups in total. The molecule has 3 rings (SSSR count). The third-order valence-corrected chi connectivity index (χ3v) is 5.30. The van der Waals surface area contributed by atoms with Crippen LogP contribution in [0.15, 0.2) is 30.3 Å². The molecule has 0 saturated carbocycles. The van der Waals surface area contributed by atoms with E-state index in [0.29, 0.717) is 5.69 Å². The van der Waals surface area contributed by atoms with Crippen LogP contribution in [0.1, 0.15) is 53.2 Å². The van der Waals surface area contributed by atoms with E-state index in [2.05, 4.69) is 10.2 Å². The van der Waals surface area contributed by atoms with Gasteiger partial charge in [0, 0.05) is 38.0 Å². The number of nitrogens with one attached hydrogen (secondary N) is 1. The smallest absolute Gasteiger partial charge is 0.267 e. The number of aliphatic hydroxyl groups is 1. The Morgan fingerprint density at radius 2 is 2.07 bits per heavy atom. The fraction of sp³-hybridized carbons (Fsp3) is 0.450. The molecule has 1 aliphatic heterocycles. The Hall–Kier alpha value is -2.25. The van der Waals surface area contributed by atoms with Gasteiger partial charge in [0.25, 0.3) is 5.91 Å². The summed E-state index contributed by atoms with van der Waals surface area (Å²) in [6.45, 7) is 1.01. The molecule has 1 saturated heterocycles. The maximum atomic E-state index is 14.0. The van der Waals surface area contributed by atoms with Gasteiger partial charge in [-0.1, -0.05) is 12.5 Å². The number of piperidine rings is 1. The Balaban J connectivity index is 1.82. The number of carbonyl (C=O) groups is 1. The van der Waals surface area contributed by atoms with Gasteiger partial charge in [-0.25, -0.2) is 8.78 Å². The van der Waals surface area contributed by atoms with Crippen LogP contribution in [0.5, 0.6) is 0 Å². The average Bonchev–Trinajstić information content (AvgIpc) is 3.02. The first-order chi connectivity index (χ1) is 12.9. The summed E-state index contributed by atoms with van der Waals surface area (Å²) in [7, 11) is 3.44. The molecule has 0 bridgehead atoms. The van der Waals surface area contributed by atoms with Crippen molar-refractivity contribution in [2.24, 2.45) is 7.05 Å². The van der Waals surface area contributed by atoms with E-state index < -0.39 is 17.7 Å². The average molecular weight is 377 g/mol. The molecular weight excluding hydrogens is 352 g/mol. The number of benzene rings is 1. The second-order valence-corrected chi connectivity index (χ2v) is 6.97. The summed E-state index contributed by atoms with van der Waals surface area (Å²) in [6, 6.07) is 6.98. The molecule has 1 fully saturated rings. The first-order valence-electron chi connectivity index (χ1n) is 9.17. The fourth-order valence-corrected chi connectivity index (χ4v) is 3.85. The van der Waals surface area contributed by atoms with Gasteiger partial charge in [0.05, 0.1) is 12.1 Å². The molecule has 2 atom stereocenters. The van der Waals surface area contributed by atoms with Gasteiger partial charge >= 0.3 is 0 Å². The summed E-state index contributed by atoms with van der Waals surface area (Å²) in [5.74, 6) is -1.55. The topological polar surface area (TPSA) is 57.5 Å². The van der Waals surface area contributed by atoms with E-state index in [9.17, 15) is 18.7 Å². The lowest BCUT2D eigenvalue weighted by molar-refractivity contribution is 0.0622. The van der Waals surface area contributed by atoms with E-state index in [1.165, 1.54) is 6.07 Å². The number of aliphatic hydroxyl groups excluding tert-OH is 1. The Labute approximate surface area is 157 Å². The van der Waals surface area contributed by atoms with Crippen LogP contribution in [0, 0.1) is 11.6 Å². The molecule has 0 unspecified atom stereocenters. The monoisotopic (exact) mass is 377 g/mol. The SMILES string of the molecule is CNC(=O)c1ccc([C@H]2CCCCN2C[C@@H](O)c2ccc(F)cc2F)n1C. The molecule has 0 radical (unpaired) electrons. The molecule has 0 aliphatic carbocycles. The minimum absolute atomic E-state index is 0.0281. The van der Waals surface area contributed by atoms with Gasteiger partial charge in [-0.2, -0.15) is 0 Å². The zero-order chi connectivity index (χ0) is 19.6. The van der Waals surface area contributed by atoms with Gasteiger partial charge < -0.3 is 15.0 Å². The van der Waals surface area contributed by atoms with Crippen molar-refractivity contribution >= 4 is 5.91 Å². The molecule has 146 valence electrons. The summed E-state index contributed by atoms with van der Waals surface area (Å²) in [5, 5.41) is 13.2. The molecule has 7 heteroatoms. The maximum Gasteiger partial charge on any atom is 0.267 e. The number of hydrogen-bond donors (Lipinski definition) is 2. The number of nitrogens with zero attached hydrogens (tertiary/aromatic N) is 2. The number of rotatable bonds is 5. The second-order valence-electron chi connectivity index (χ2n) is 6.97. The van der Waals surface area contributed by atoms with Crippen LogP contribution in [0.25, 0.3) is 0 Å². The van der Waals surface area contributed by atoms with Crippen molar-refractivity contribution < 1.29 is 18.7 Å². The summed E-state index contributed by atoms with van der Waals surface area (Å²) in [4.78, 5) is 14.1. The third-order valence-electron chi connectivity index (χ3n) is 5.30. The minimum Gasteiger partial charge on any atom is -0.387 e. The van der Waals surface area contributed by atoms with Gasteiger partial charge in [0.15, 0.2) is 0 Å². The molecule has 2 aromatic rings. The van der Waals surface area contributed by atoms with E-state index in [1.54, 1.807) is 13.1 Å². The normalized spacial score (nSPS) is 19.1. The third kappa shape index (κ3) is 4.04. The first-order valence-corrected chi connectivity index (χ1v) is 9.17. The Bertz CT molecular complexity index is 822. The first kappa shape index (κ1) is 19.5. The van der Waals surface area contributed by atoms with Crippen molar-refractivity contribution in [3.63, 3.8) is 0 Å². The quantitative estimate of drug-likeness (QED) is 0.842. The van der Waals surface area contributed by atoms with Gasteiger partial charge in [0.2, 0.25) is 0 Å². The van der Waals surface area contributed by atoms with Gasteiger partial charge in [-0.05, 0) is 37.6 Å². The van der Waals surface area contributed by atoms with Gasteiger partial charge in [0.1, 0.15) is 17.3 Å². The standard InChI is InChI=1S/C20H25F2N3O2/c1-23-20(27)18-9-8-16(24(18)2)17-5-3-4-10-25(17)12-19(26)14-7-6-13(21)11-15(14)22/h6-9,11,17,19,26H,3-5,10,12H2,1-2H3,(H,23,27)/t17-,19-/m1/s1. The van der Waals surface area contributed by atoms with Crippen molar-refractivity contribution in [1.29, 1.82) is 0 Å². The Kier molecular flexibility index (Phi) is 5.92. The van der Waals surface area contributed by atoms with Crippen LogP contribution in [0.2, 0.25) is 0 Å². The molecule has 1 aromatic carbocycles. The number of hydrogen-bond acceptors (Lipinski definition) is 3. The van der Waals surface area contributed by atoms with Crippen molar-refractivity contribution in [2.45, 2.75) is 31.4 Å².